The molecule has 1 unspecified atom stereocenters. The number of rotatable bonds is 5. The lowest BCUT2D eigenvalue weighted by Crippen LogP contribution is -2.39. The molecule has 0 saturated carbocycles. The first-order valence-corrected chi connectivity index (χ1v) is 8.90. The van der Waals surface area contributed by atoms with Crippen LogP contribution in [0.1, 0.15) is 38.3 Å². The van der Waals surface area contributed by atoms with Crippen LogP contribution in [0.4, 0.5) is 0 Å². The van der Waals surface area contributed by atoms with E-state index in [0.29, 0.717) is 30.8 Å². The number of hydrogen-bond donors (Lipinski definition) is 2. The van der Waals surface area contributed by atoms with E-state index in [-0.39, 0.29) is 12.1 Å². The lowest BCUT2D eigenvalue weighted by Gasteiger charge is -2.28. The second kappa shape index (κ2) is 6.87. The van der Waals surface area contributed by atoms with Crippen LogP contribution in [0.5, 0.6) is 0 Å². The summed E-state index contributed by atoms with van der Waals surface area (Å²) in [4.78, 5) is 0.325. The van der Waals surface area contributed by atoms with E-state index in [4.69, 9.17) is 0 Å². The SMILES string of the molecule is CCNC(C)c1ccc(S(=O)(=O)N2CCC(O)CC2)cc1. The van der Waals surface area contributed by atoms with E-state index >= 15 is 0 Å². The van der Waals surface area contributed by atoms with Gasteiger partial charge in [-0.15, -0.1) is 0 Å². The molecule has 1 aliphatic rings. The highest BCUT2D eigenvalue weighted by atomic mass is 32.2. The highest BCUT2D eigenvalue weighted by Gasteiger charge is 2.28. The minimum Gasteiger partial charge on any atom is -0.393 e. The van der Waals surface area contributed by atoms with Crippen LogP contribution in [0.15, 0.2) is 29.2 Å². The van der Waals surface area contributed by atoms with Gasteiger partial charge in [-0.3, -0.25) is 0 Å². The first kappa shape index (κ1) is 16.4. The van der Waals surface area contributed by atoms with Gasteiger partial charge >= 0.3 is 0 Å². The number of benzene rings is 1. The summed E-state index contributed by atoms with van der Waals surface area (Å²) in [6.07, 6.45) is 0.642. The molecule has 1 aromatic rings. The highest BCUT2D eigenvalue weighted by Crippen LogP contribution is 2.22. The van der Waals surface area contributed by atoms with Crippen LogP contribution in [0.25, 0.3) is 0 Å². The second-order valence-electron chi connectivity index (χ2n) is 5.48. The van der Waals surface area contributed by atoms with Crippen molar-refractivity contribution in [3.8, 4) is 0 Å². The van der Waals surface area contributed by atoms with E-state index in [9.17, 15) is 13.5 Å². The van der Waals surface area contributed by atoms with Gasteiger partial charge in [-0.25, -0.2) is 8.42 Å². The molecular weight excluding hydrogens is 288 g/mol. The minimum atomic E-state index is -3.44. The zero-order valence-corrected chi connectivity index (χ0v) is 13.4. The fourth-order valence-electron chi connectivity index (χ4n) is 2.58. The van der Waals surface area contributed by atoms with Gasteiger partial charge in [0, 0.05) is 19.1 Å². The van der Waals surface area contributed by atoms with Gasteiger partial charge in [0.05, 0.1) is 11.0 Å². The highest BCUT2D eigenvalue weighted by molar-refractivity contribution is 7.89. The Bertz CT molecular complexity index is 549. The standard InChI is InChI=1S/C15H24N2O3S/c1-3-16-12(2)13-4-6-15(7-5-13)21(19,20)17-10-8-14(18)9-11-17/h4-7,12,14,16,18H,3,8-11H2,1-2H3. The maximum absolute atomic E-state index is 12.5. The van der Waals surface area contributed by atoms with Crippen LogP contribution >= 0.6 is 0 Å². The number of nitrogens with zero attached hydrogens (tertiary/aromatic N) is 1. The molecule has 0 aromatic heterocycles. The summed E-state index contributed by atoms with van der Waals surface area (Å²) in [6.45, 7) is 5.74. The van der Waals surface area contributed by atoms with Crippen molar-refractivity contribution in [3.63, 3.8) is 0 Å². The number of sulfonamides is 1. The summed E-state index contributed by atoms with van der Waals surface area (Å²) in [6, 6.07) is 7.27. The van der Waals surface area contributed by atoms with E-state index < -0.39 is 10.0 Å². The molecule has 1 atom stereocenters. The van der Waals surface area contributed by atoms with Crippen LogP contribution in [0, 0.1) is 0 Å². The monoisotopic (exact) mass is 312 g/mol. The second-order valence-corrected chi connectivity index (χ2v) is 7.42. The summed E-state index contributed by atoms with van der Waals surface area (Å²) in [5.41, 5.74) is 1.07. The number of hydrogen-bond acceptors (Lipinski definition) is 4. The zero-order chi connectivity index (χ0) is 15.5. The first-order valence-electron chi connectivity index (χ1n) is 7.46. The average Bonchev–Trinajstić information content (AvgIpc) is 2.48. The number of piperidine rings is 1. The summed E-state index contributed by atoms with van der Waals surface area (Å²) in [5, 5.41) is 12.8. The predicted molar refractivity (Wildman–Crippen MR) is 82.5 cm³/mol. The Balaban J connectivity index is 2.13. The molecule has 0 radical (unpaired) electrons. The largest absolute Gasteiger partial charge is 0.393 e. The smallest absolute Gasteiger partial charge is 0.243 e. The van der Waals surface area contributed by atoms with Crippen molar-refractivity contribution < 1.29 is 13.5 Å². The topological polar surface area (TPSA) is 69.6 Å². The Labute approximate surface area is 127 Å². The Morgan fingerprint density at radius 1 is 1.29 bits per heavy atom. The molecule has 0 bridgehead atoms. The molecule has 1 fully saturated rings. The molecule has 1 heterocycles. The molecule has 2 N–H and O–H groups in total. The minimum absolute atomic E-state index is 0.205. The van der Waals surface area contributed by atoms with E-state index in [0.717, 1.165) is 12.1 Å². The quantitative estimate of drug-likeness (QED) is 0.864. The molecule has 1 saturated heterocycles. The molecule has 0 spiro atoms. The Morgan fingerprint density at radius 3 is 2.38 bits per heavy atom. The molecule has 5 nitrogen and oxygen atoms in total. The normalized spacial score (nSPS) is 19.6. The van der Waals surface area contributed by atoms with E-state index in [2.05, 4.69) is 12.2 Å². The van der Waals surface area contributed by atoms with Gasteiger partial charge in [0.15, 0.2) is 0 Å². The molecule has 1 aromatic carbocycles. The summed E-state index contributed by atoms with van der Waals surface area (Å²) in [5.74, 6) is 0. The van der Waals surface area contributed by atoms with Crippen molar-refractivity contribution in [2.24, 2.45) is 0 Å². The Morgan fingerprint density at radius 2 is 1.86 bits per heavy atom. The predicted octanol–water partition coefficient (Wildman–Crippen LogP) is 1.50. The van der Waals surface area contributed by atoms with E-state index in [1.165, 1.54) is 4.31 Å². The van der Waals surface area contributed by atoms with Gasteiger partial charge in [-0.2, -0.15) is 4.31 Å². The first-order chi connectivity index (χ1) is 9.95. The third kappa shape index (κ3) is 3.83. The molecule has 2 rings (SSSR count). The van der Waals surface area contributed by atoms with E-state index in [1.807, 2.05) is 19.1 Å². The maximum Gasteiger partial charge on any atom is 0.243 e. The van der Waals surface area contributed by atoms with Crippen molar-refractivity contribution in [2.75, 3.05) is 19.6 Å². The van der Waals surface area contributed by atoms with Crippen molar-refractivity contribution in [3.05, 3.63) is 29.8 Å². The van der Waals surface area contributed by atoms with Crippen molar-refractivity contribution in [2.45, 2.75) is 43.7 Å². The molecule has 6 heteroatoms. The van der Waals surface area contributed by atoms with Crippen molar-refractivity contribution in [1.29, 1.82) is 0 Å². The van der Waals surface area contributed by atoms with Crippen molar-refractivity contribution >= 4 is 10.0 Å². The summed E-state index contributed by atoms with van der Waals surface area (Å²) < 4.78 is 26.5. The molecular formula is C15H24N2O3S. The van der Waals surface area contributed by atoms with Gasteiger partial charge in [0.25, 0.3) is 0 Å². The fourth-order valence-corrected chi connectivity index (χ4v) is 4.05. The third-order valence-corrected chi connectivity index (χ3v) is 5.86. The Kier molecular flexibility index (Phi) is 5.37. The molecule has 0 aliphatic carbocycles. The van der Waals surface area contributed by atoms with E-state index in [1.54, 1.807) is 12.1 Å². The summed E-state index contributed by atoms with van der Waals surface area (Å²) >= 11 is 0. The lowest BCUT2D eigenvalue weighted by atomic mass is 10.1. The van der Waals surface area contributed by atoms with Crippen LogP contribution < -0.4 is 5.32 Å². The molecule has 0 amide bonds. The fraction of sp³-hybridized carbons (Fsp3) is 0.600. The maximum atomic E-state index is 12.5. The number of nitrogens with one attached hydrogen (secondary N) is 1. The van der Waals surface area contributed by atoms with Crippen LogP contribution in [-0.2, 0) is 10.0 Å². The molecule has 118 valence electrons. The zero-order valence-electron chi connectivity index (χ0n) is 12.6. The summed E-state index contributed by atoms with van der Waals surface area (Å²) in [7, 11) is -3.44. The van der Waals surface area contributed by atoms with Gasteiger partial charge in [0.2, 0.25) is 10.0 Å². The van der Waals surface area contributed by atoms with Gasteiger partial charge < -0.3 is 10.4 Å². The van der Waals surface area contributed by atoms with Gasteiger partial charge in [-0.1, -0.05) is 19.1 Å². The average molecular weight is 312 g/mol. The van der Waals surface area contributed by atoms with Crippen LogP contribution in [0.2, 0.25) is 0 Å². The van der Waals surface area contributed by atoms with Gasteiger partial charge in [0.1, 0.15) is 0 Å². The van der Waals surface area contributed by atoms with Crippen LogP contribution in [0.3, 0.4) is 0 Å². The Hall–Kier alpha value is -0.950. The van der Waals surface area contributed by atoms with Gasteiger partial charge in [-0.05, 0) is 44.0 Å². The number of aliphatic hydroxyl groups is 1. The molecule has 1 aliphatic heterocycles. The van der Waals surface area contributed by atoms with Crippen molar-refractivity contribution in [1.82, 2.24) is 9.62 Å². The number of aliphatic hydroxyl groups excluding tert-OH is 1. The van der Waals surface area contributed by atoms with Crippen LogP contribution in [-0.4, -0.2) is 43.6 Å². The third-order valence-electron chi connectivity index (χ3n) is 3.95. The molecule has 21 heavy (non-hydrogen) atoms. The lowest BCUT2D eigenvalue weighted by molar-refractivity contribution is 0.113.